The van der Waals surface area contributed by atoms with Crippen LogP contribution in [0.15, 0.2) is 60.7 Å². The van der Waals surface area contributed by atoms with Crippen LogP contribution < -0.4 is 21.7 Å². The highest BCUT2D eigenvalue weighted by atomic mass is 35.5. The molecule has 0 radical (unpaired) electrons. The number of primary amides is 1. The summed E-state index contributed by atoms with van der Waals surface area (Å²) >= 11 is 0. The maximum absolute atomic E-state index is 14.2. The minimum Gasteiger partial charge on any atom is -0.368 e. The van der Waals surface area contributed by atoms with Gasteiger partial charge in [-0.2, -0.15) is 5.21 Å². The minimum atomic E-state index is -0.914. The standard InChI is InChI=1S/C36H44N10O3.ClH/c1-22-30(15-16-31(39-22)35(48)40-28-17-18-45(2)21-28)25-7-3-23(4-8-25)19-32(33(38)47)46(36(49)27-9-5-24(20-37)6-10-27)29-13-11-26(12-14-29)34-41-43-44-42-34;/h3-4,7-8,11-16,24,27-28,32H,5-6,9-10,17-21,37H2,1-2H3,(H2,38,47)(H,40,48)(H,41,42,43,44);1H/t24?,27?,28-,32+;/m1./s1. The lowest BCUT2D eigenvalue weighted by atomic mass is 9.81. The molecule has 6 rings (SSSR count). The minimum absolute atomic E-state index is 0. The normalized spacial score (nSPS) is 19.7. The van der Waals surface area contributed by atoms with E-state index >= 15 is 0 Å². The molecule has 50 heavy (non-hydrogen) atoms. The topological polar surface area (TPSA) is 189 Å². The van der Waals surface area contributed by atoms with Gasteiger partial charge in [-0.1, -0.05) is 30.3 Å². The summed E-state index contributed by atoms with van der Waals surface area (Å²) in [5, 5.41) is 17.2. The van der Waals surface area contributed by atoms with Crippen LogP contribution in [0.25, 0.3) is 22.5 Å². The van der Waals surface area contributed by atoms with Crippen molar-refractivity contribution in [3.63, 3.8) is 0 Å². The summed E-state index contributed by atoms with van der Waals surface area (Å²) in [7, 11) is 2.05. The highest BCUT2D eigenvalue weighted by Gasteiger charge is 2.36. The third kappa shape index (κ3) is 8.35. The molecule has 3 heterocycles. The number of amides is 3. The van der Waals surface area contributed by atoms with Crippen LogP contribution in [-0.4, -0.2) is 87.0 Å². The summed E-state index contributed by atoms with van der Waals surface area (Å²) in [6, 6.07) is 17.9. The number of hydrogen-bond acceptors (Lipinski definition) is 9. The van der Waals surface area contributed by atoms with E-state index in [9.17, 15) is 14.4 Å². The Morgan fingerprint density at radius 1 is 0.980 bits per heavy atom. The molecule has 3 amide bonds. The lowest BCUT2D eigenvalue weighted by Gasteiger charge is -2.35. The monoisotopic (exact) mass is 700 g/mol. The van der Waals surface area contributed by atoms with E-state index in [1.165, 1.54) is 0 Å². The smallest absolute Gasteiger partial charge is 0.270 e. The van der Waals surface area contributed by atoms with Gasteiger partial charge in [0.15, 0.2) is 0 Å². The summed E-state index contributed by atoms with van der Waals surface area (Å²) in [5.41, 5.74) is 17.1. The first-order valence-electron chi connectivity index (χ1n) is 16.9. The molecule has 2 aliphatic rings. The zero-order valence-electron chi connectivity index (χ0n) is 28.4. The Balaban J connectivity index is 0.00000486. The van der Waals surface area contributed by atoms with E-state index in [4.69, 9.17) is 11.5 Å². The van der Waals surface area contributed by atoms with Crippen LogP contribution in [0.2, 0.25) is 0 Å². The average molecular weight is 701 g/mol. The number of aryl methyl sites for hydroxylation is 1. The quantitative estimate of drug-likeness (QED) is 0.182. The van der Waals surface area contributed by atoms with Crippen LogP contribution in [0.1, 0.15) is 53.8 Å². The highest BCUT2D eigenvalue weighted by Crippen LogP contribution is 2.33. The van der Waals surface area contributed by atoms with Gasteiger partial charge in [0.25, 0.3) is 5.91 Å². The van der Waals surface area contributed by atoms with E-state index in [2.05, 4.69) is 35.8 Å². The first kappa shape index (κ1) is 36.6. The van der Waals surface area contributed by atoms with Gasteiger partial charge in [-0.3, -0.25) is 19.3 Å². The predicted molar refractivity (Wildman–Crippen MR) is 193 cm³/mol. The fourth-order valence-electron chi connectivity index (χ4n) is 7.03. The fourth-order valence-corrected chi connectivity index (χ4v) is 7.03. The number of pyridine rings is 1. The van der Waals surface area contributed by atoms with E-state index in [0.29, 0.717) is 42.5 Å². The van der Waals surface area contributed by atoms with E-state index in [0.717, 1.165) is 60.3 Å². The highest BCUT2D eigenvalue weighted by molar-refractivity contribution is 6.02. The second-order valence-electron chi connectivity index (χ2n) is 13.3. The van der Waals surface area contributed by atoms with Crippen molar-refractivity contribution in [3.05, 3.63) is 77.6 Å². The van der Waals surface area contributed by atoms with Gasteiger partial charge in [0.1, 0.15) is 11.7 Å². The number of rotatable bonds is 11. The van der Waals surface area contributed by atoms with Gasteiger partial charge in [-0.25, -0.2) is 4.98 Å². The Hall–Kier alpha value is -4.72. The number of benzene rings is 2. The summed E-state index contributed by atoms with van der Waals surface area (Å²) in [4.78, 5) is 48.6. The van der Waals surface area contributed by atoms with E-state index in [1.807, 2.05) is 44.3 Å². The summed E-state index contributed by atoms with van der Waals surface area (Å²) in [6.07, 6.45) is 4.33. The molecule has 1 saturated carbocycles. The molecule has 0 bridgehead atoms. The molecule has 1 saturated heterocycles. The van der Waals surface area contributed by atoms with Gasteiger partial charge in [0.2, 0.25) is 17.6 Å². The maximum Gasteiger partial charge on any atom is 0.270 e. The Bertz CT molecular complexity index is 1760. The molecule has 13 nitrogen and oxygen atoms in total. The van der Waals surface area contributed by atoms with Crippen molar-refractivity contribution in [2.75, 3.05) is 31.6 Å². The number of anilines is 1. The molecule has 1 aliphatic heterocycles. The molecule has 264 valence electrons. The average Bonchev–Trinajstić information content (AvgIpc) is 3.80. The number of nitrogens with one attached hydrogen (secondary N) is 2. The zero-order valence-corrected chi connectivity index (χ0v) is 29.2. The Labute approximate surface area is 298 Å². The predicted octanol–water partition coefficient (Wildman–Crippen LogP) is 3.29. The van der Waals surface area contributed by atoms with Crippen LogP contribution in [0.4, 0.5) is 5.69 Å². The van der Waals surface area contributed by atoms with E-state index in [1.54, 1.807) is 35.2 Å². The maximum atomic E-state index is 14.2. The van der Waals surface area contributed by atoms with Gasteiger partial charge in [-0.15, -0.1) is 22.6 Å². The first-order valence-corrected chi connectivity index (χ1v) is 16.9. The number of aromatic amines is 1. The molecule has 6 N–H and O–H groups in total. The fraction of sp³-hybridized carbons (Fsp3) is 0.417. The Morgan fingerprint density at radius 2 is 1.68 bits per heavy atom. The Morgan fingerprint density at radius 3 is 2.26 bits per heavy atom. The molecule has 0 unspecified atom stereocenters. The summed E-state index contributed by atoms with van der Waals surface area (Å²) in [5.74, 6) is -0.273. The number of carbonyl (C=O) groups excluding carboxylic acids is 3. The van der Waals surface area contributed by atoms with Crippen molar-refractivity contribution in [1.82, 2.24) is 35.8 Å². The molecule has 0 spiro atoms. The lowest BCUT2D eigenvalue weighted by molar-refractivity contribution is -0.127. The van der Waals surface area contributed by atoms with Crippen molar-refractivity contribution < 1.29 is 14.4 Å². The molecule has 1 aliphatic carbocycles. The van der Waals surface area contributed by atoms with Crippen molar-refractivity contribution >= 4 is 35.8 Å². The van der Waals surface area contributed by atoms with Crippen molar-refractivity contribution in [1.29, 1.82) is 0 Å². The molecular formula is C36H45ClN10O3. The third-order valence-corrected chi connectivity index (χ3v) is 9.89. The molecule has 14 heteroatoms. The SMILES string of the molecule is Cc1nc(C(=O)N[C@@H]2CCN(C)C2)ccc1-c1ccc(C[C@@H](C(N)=O)N(C(=O)C2CCC(CN)CC2)c2ccc(-c3nn[nH]n3)cc2)cc1.Cl. The number of carbonyl (C=O) groups is 3. The van der Waals surface area contributed by atoms with Crippen molar-refractivity contribution in [2.24, 2.45) is 23.3 Å². The van der Waals surface area contributed by atoms with Crippen LogP contribution in [-0.2, 0) is 16.0 Å². The Kier molecular flexibility index (Phi) is 11.9. The number of nitrogens with two attached hydrogens (primary N) is 2. The number of tetrazole rings is 1. The molecule has 2 fully saturated rings. The largest absolute Gasteiger partial charge is 0.368 e. The lowest BCUT2D eigenvalue weighted by Crippen LogP contribution is -2.52. The van der Waals surface area contributed by atoms with Crippen molar-refractivity contribution in [2.45, 2.75) is 57.5 Å². The molecule has 2 atom stereocenters. The van der Waals surface area contributed by atoms with Crippen LogP contribution in [0.5, 0.6) is 0 Å². The van der Waals surface area contributed by atoms with Crippen molar-refractivity contribution in [3.8, 4) is 22.5 Å². The third-order valence-electron chi connectivity index (χ3n) is 9.89. The van der Waals surface area contributed by atoms with Crippen LogP contribution in [0.3, 0.4) is 0 Å². The second kappa shape index (κ2) is 16.3. The summed E-state index contributed by atoms with van der Waals surface area (Å²) < 4.78 is 0. The zero-order chi connectivity index (χ0) is 34.5. The molecular weight excluding hydrogens is 656 g/mol. The molecule has 2 aromatic heterocycles. The number of nitrogens with zero attached hydrogens (tertiary/aromatic N) is 6. The van der Waals surface area contributed by atoms with Crippen LogP contribution in [0, 0.1) is 18.8 Å². The second-order valence-corrected chi connectivity index (χ2v) is 13.3. The van der Waals surface area contributed by atoms with Gasteiger partial charge in [-0.05, 0) is 112 Å². The molecule has 4 aromatic rings. The first-order chi connectivity index (χ1) is 23.7. The van der Waals surface area contributed by atoms with Crippen LogP contribution >= 0.6 is 12.4 Å². The molecule has 2 aromatic carbocycles. The van der Waals surface area contributed by atoms with Gasteiger partial charge < -0.3 is 21.7 Å². The van der Waals surface area contributed by atoms with Gasteiger partial charge in [0, 0.05) is 47.4 Å². The number of hydrogen-bond donors (Lipinski definition) is 4. The van der Waals surface area contributed by atoms with E-state index < -0.39 is 11.9 Å². The van der Waals surface area contributed by atoms with E-state index in [-0.39, 0.29) is 42.6 Å². The van der Waals surface area contributed by atoms with Gasteiger partial charge >= 0.3 is 0 Å². The number of likely N-dealkylation sites (tertiary alicyclic amines) is 1. The number of aromatic nitrogens is 5. The number of halogens is 1. The number of likely N-dealkylation sites (N-methyl/N-ethyl adjacent to an activating group) is 1. The number of H-pyrrole nitrogens is 1. The van der Waals surface area contributed by atoms with Gasteiger partial charge in [0.05, 0.1) is 0 Å². The summed E-state index contributed by atoms with van der Waals surface area (Å²) in [6.45, 7) is 4.30.